The van der Waals surface area contributed by atoms with E-state index in [1.807, 2.05) is 31.2 Å². The zero-order valence-electron chi connectivity index (χ0n) is 10.5. The first-order valence-corrected chi connectivity index (χ1v) is 6.59. The van der Waals surface area contributed by atoms with Gasteiger partial charge in [-0.25, -0.2) is 4.98 Å². The maximum absolute atomic E-state index is 6.13. The molecule has 0 saturated heterocycles. The van der Waals surface area contributed by atoms with E-state index in [1.54, 1.807) is 6.07 Å². The van der Waals surface area contributed by atoms with Gasteiger partial charge in [0, 0.05) is 17.8 Å². The summed E-state index contributed by atoms with van der Waals surface area (Å²) >= 11 is 12.2. The van der Waals surface area contributed by atoms with Crippen LogP contribution in [0.4, 0.5) is 0 Å². The highest BCUT2D eigenvalue weighted by Gasteiger charge is 2.09. The highest BCUT2D eigenvalue weighted by molar-refractivity contribution is 6.35. The number of hydrogen-bond donors (Lipinski definition) is 1. The highest BCUT2D eigenvalue weighted by atomic mass is 35.5. The fourth-order valence-corrected chi connectivity index (χ4v) is 2.27. The molecule has 0 aliphatic heterocycles. The number of nitrogens with zero attached hydrogens (tertiary/aromatic N) is 1. The van der Waals surface area contributed by atoms with Gasteiger partial charge in [-0.15, -0.1) is 0 Å². The molecule has 1 aromatic carbocycles. The summed E-state index contributed by atoms with van der Waals surface area (Å²) in [5.41, 5.74) is 8.07. The second-order valence-electron chi connectivity index (χ2n) is 4.15. The van der Waals surface area contributed by atoms with E-state index in [1.165, 1.54) is 0 Å². The third kappa shape index (κ3) is 3.60. The summed E-state index contributed by atoms with van der Waals surface area (Å²) in [5.74, 6) is 0.741. The second kappa shape index (κ2) is 6.24. The number of hydrogen-bond acceptors (Lipinski definition) is 3. The van der Waals surface area contributed by atoms with Gasteiger partial charge in [-0.3, -0.25) is 0 Å². The van der Waals surface area contributed by atoms with Crippen molar-refractivity contribution >= 4 is 23.2 Å². The quantitative estimate of drug-likeness (QED) is 0.875. The van der Waals surface area contributed by atoms with E-state index in [9.17, 15) is 0 Å². The lowest BCUT2D eigenvalue weighted by Gasteiger charge is -2.10. The van der Waals surface area contributed by atoms with E-state index in [4.69, 9.17) is 33.7 Å². The summed E-state index contributed by atoms with van der Waals surface area (Å²) in [6.07, 6.45) is 0. The van der Waals surface area contributed by atoms with Crippen molar-refractivity contribution in [3.8, 4) is 5.75 Å². The molecule has 0 aliphatic rings. The van der Waals surface area contributed by atoms with Crippen molar-refractivity contribution in [3.63, 3.8) is 0 Å². The summed E-state index contributed by atoms with van der Waals surface area (Å²) in [6.45, 7) is 2.64. The molecule has 0 aliphatic carbocycles. The average molecular weight is 297 g/mol. The molecule has 1 aromatic heterocycles. The van der Waals surface area contributed by atoms with Crippen LogP contribution in [0, 0.1) is 6.92 Å². The summed E-state index contributed by atoms with van der Waals surface area (Å²) in [5, 5.41) is 0.944. The molecule has 2 aromatic rings. The molecule has 0 amide bonds. The molecule has 2 rings (SSSR count). The molecule has 2 N–H and O–H groups in total. The van der Waals surface area contributed by atoms with E-state index in [-0.39, 0.29) is 6.61 Å². The summed E-state index contributed by atoms with van der Waals surface area (Å²) in [7, 11) is 0. The van der Waals surface area contributed by atoms with Gasteiger partial charge in [0.1, 0.15) is 17.5 Å². The molecule has 5 heteroatoms. The molecule has 100 valence electrons. The Morgan fingerprint density at radius 1 is 1.21 bits per heavy atom. The van der Waals surface area contributed by atoms with Crippen molar-refractivity contribution in [2.24, 2.45) is 5.73 Å². The summed E-state index contributed by atoms with van der Waals surface area (Å²) < 4.78 is 5.64. The topological polar surface area (TPSA) is 48.1 Å². The van der Waals surface area contributed by atoms with Crippen LogP contribution in [0.25, 0.3) is 0 Å². The monoisotopic (exact) mass is 296 g/mol. The molecular weight excluding hydrogens is 283 g/mol. The second-order valence-corrected chi connectivity index (χ2v) is 4.92. The van der Waals surface area contributed by atoms with Crippen molar-refractivity contribution in [2.45, 2.75) is 20.1 Å². The molecule has 0 unspecified atom stereocenters. The fourth-order valence-electron chi connectivity index (χ4n) is 1.63. The Bertz CT molecular complexity index is 547. The first-order chi connectivity index (χ1) is 9.10. The summed E-state index contributed by atoms with van der Waals surface area (Å²) in [6, 6.07) is 9.35. The predicted octanol–water partition coefficient (Wildman–Crippen LogP) is 3.73. The van der Waals surface area contributed by atoms with Crippen LogP contribution >= 0.6 is 23.2 Å². The largest absolute Gasteiger partial charge is 0.489 e. The third-order valence-corrected chi connectivity index (χ3v) is 3.34. The zero-order chi connectivity index (χ0) is 13.8. The minimum absolute atomic E-state index is 0.285. The SMILES string of the molecule is Cc1cc(Cl)c(COc2ccc(CN)cc2)c(Cl)n1. The molecule has 19 heavy (non-hydrogen) atoms. The minimum Gasteiger partial charge on any atom is -0.489 e. The van der Waals surface area contributed by atoms with E-state index in [0.29, 0.717) is 22.3 Å². The van der Waals surface area contributed by atoms with Crippen LogP contribution in [-0.2, 0) is 13.2 Å². The molecule has 0 fully saturated rings. The Morgan fingerprint density at radius 3 is 2.47 bits per heavy atom. The van der Waals surface area contributed by atoms with Crippen LogP contribution in [0.2, 0.25) is 10.2 Å². The van der Waals surface area contributed by atoms with Gasteiger partial charge in [0.15, 0.2) is 0 Å². The number of pyridine rings is 1. The van der Waals surface area contributed by atoms with Crippen LogP contribution in [0.15, 0.2) is 30.3 Å². The number of nitrogens with two attached hydrogens (primary N) is 1. The molecule has 0 radical (unpaired) electrons. The number of aryl methyl sites for hydroxylation is 1. The lowest BCUT2D eigenvalue weighted by Crippen LogP contribution is -2.00. The van der Waals surface area contributed by atoms with Gasteiger partial charge in [0.25, 0.3) is 0 Å². The van der Waals surface area contributed by atoms with Crippen molar-refractivity contribution in [1.82, 2.24) is 4.98 Å². The molecule has 1 heterocycles. The number of ether oxygens (including phenoxy) is 1. The molecule has 3 nitrogen and oxygen atoms in total. The maximum Gasteiger partial charge on any atom is 0.137 e. The first kappa shape index (κ1) is 14.1. The van der Waals surface area contributed by atoms with Crippen molar-refractivity contribution in [2.75, 3.05) is 0 Å². The van der Waals surface area contributed by atoms with Crippen molar-refractivity contribution < 1.29 is 4.74 Å². The van der Waals surface area contributed by atoms with Crippen molar-refractivity contribution in [3.05, 3.63) is 57.3 Å². The van der Waals surface area contributed by atoms with E-state index >= 15 is 0 Å². The zero-order valence-corrected chi connectivity index (χ0v) is 12.0. The van der Waals surface area contributed by atoms with Gasteiger partial charge in [0.2, 0.25) is 0 Å². The van der Waals surface area contributed by atoms with Crippen LogP contribution in [0.3, 0.4) is 0 Å². The third-order valence-electron chi connectivity index (χ3n) is 2.69. The van der Waals surface area contributed by atoms with Gasteiger partial charge in [-0.2, -0.15) is 0 Å². The van der Waals surface area contributed by atoms with Gasteiger partial charge in [0.05, 0.1) is 5.02 Å². The minimum atomic E-state index is 0.285. The lowest BCUT2D eigenvalue weighted by molar-refractivity contribution is 0.306. The normalized spacial score (nSPS) is 10.5. The van der Waals surface area contributed by atoms with Crippen LogP contribution in [-0.4, -0.2) is 4.98 Å². The molecule has 0 atom stereocenters. The smallest absolute Gasteiger partial charge is 0.137 e. The Balaban J connectivity index is 2.10. The van der Waals surface area contributed by atoms with E-state index in [2.05, 4.69) is 4.98 Å². The Labute approximate surface area is 122 Å². The fraction of sp³-hybridized carbons (Fsp3) is 0.214. The average Bonchev–Trinajstić information content (AvgIpc) is 2.38. The molecule has 0 saturated carbocycles. The number of aromatic nitrogens is 1. The highest BCUT2D eigenvalue weighted by Crippen LogP contribution is 2.25. The molecule has 0 spiro atoms. The van der Waals surface area contributed by atoms with Crippen LogP contribution < -0.4 is 10.5 Å². The van der Waals surface area contributed by atoms with Gasteiger partial charge in [-0.05, 0) is 30.7 Å². The van der Waals surface area contributed by atoms with Crippen LogP contribution in [0.1, 0.15) is 16.8 Å². The number of rotatable bonds is 4. The van der Waals surface area contributed by atoms with Crippen LogP contribution in [0.5, 0.6) is 5.75 Å². The van der Waals surface area contributed by atoms with Gasteiger partial charge in [-0.1, -0.05) is 35.3 Å². The van der Waals surface area contributed by atoms with E-state index < -0.39 is 0 Å². The summed E-state index contributed by atoms with van der Waals surface area (Å²) in [4.78, 5) is 4.16. The van der Waals surface area contributed by atoms with Gasteiger partial charge < -0.3 is 10.5 Å². The Kier molecular flexibility index (Phi) is 4.64. The van der Waals surface area contributed by atoms with Gasteiger partial charge >= 0.3 is 0 Å². The number of benzene rings is 1. The molecular formula is C14H14Cl2N2O. The molecule has 0 bridgehead atoms. The Hall–Kier alpha value is -1.29. The standard InChI is InChI=1S/C14H14Cl2N2O/c1-9-6-13(15)12(14(16)18-9)8-19-11-4-2-10(7-17)3-5-11/h2-6H,7-8,17H2,1H3. The Morgan fingerprint density at radius 2 is 1.89 bits per heavy atom. The first-order valence-electron chi connectivity index (χ1n) is 5.83. The lowest BCUT2D eigenvalue weighted by atomic mass is 10.2. The van der Waals surface area contributed by atoms with E-state index in [0.717, 1.165) is 17.0 Å². The predicted molar refractivity (Wildman–Crippen MR) is 77.7 cm³/mol. The van der Waals surface area contributed by atoms with Crippen molar-refractivity contribution in [1.29, 1.82) is 0 Å². The number of halogens is 2. The maximum atomic E-state index is 6.13.